The van der Waals surface area contributed by atoms with E-state index in [9.17, 15) is 0 Å². The van der Waals surface area contributed by atoms with Gasteiger partial charge in [0.05, 0.1) is 7.11 Å². The fraction of sp³-hybridized carbons (Fsp3) is 0.579. The van der Waals surface area contributed by atoms with Crippen molar-refractivity contribution in [1.29, 1.82) is 0 Å². The second-order valence-electron chi connectivity index (χ2n) is 6.71. The lowest BCUT2D eigenvalue weighted by atomic mass is 9.62. The van der Waals surface area contributed by atoms with Crippen molar-refractivity contribution in [3.63, 3.8) is 0 Å². The molecule has 1 heterocycles. The number of nitrogens with zero attached hydrogens (tertiary/aromatic N) is 1. The van der Waals surface area contributed by atoms with Crippen LogP contribution < -0.4 is 4.74 Å². The normalized spacial score (nSPS) is 29.7. The van der Waals surface area contributed by atoms with Gasteiger partial charge in [-0.15, -0.1) is 0 Å². The quantitative estimate of drug-likeness (QED) is 0.778. The van der Waals surface area contributed by atoms with Gasteiger partial charge in [-0.2, -0.15) is 0 Å². The molecule has 0 N–H and O–H groups in total. The average Bonchev–Trinajstić information content (AvgIpc) is 2.54. The van der Waals surface area contributed by atoms with Crippen LogP contribution in [-0.4, -0.2) is 31.6 Å². The van der Waals surface area contributed by atoms with E-state index in [-0.39, 0.29) is 5.41 Å². The summed E-state index contributed by atoms with van der Waals surface area (Å²) in [4.78, 5) is 2.57. The Bertz CT molecular complexity index is 536. The van der Waals surface area contributed by atoms with Crippen LogP contribution in [0.25, 0.3) is 0 Å². The van der Waals surface area contributed by atoms with E-state index >= 15 is 0 Å². The minimum Gasteiger partial charge on any atom is -0.497 e. The molecule has 0 saturated carbocycles. The monoisotopic (exact) mass is 285 g/mol. The number of hydrogen-bond acceptors (Lipinski definition) is 2. The number of fused-ring (bicyclic) bond motifs is 1. The molecule has 21 heavy (non-hydrogen) atoms. The zero-order valence-corrected chi connectivity index (χ0v) is 13.6. The first-order valence-corrected chi connectivity index (χ1v) is 8.24. The maximum atomic E-state index is 5.46. The Labute approximate surface area is 128 Å². The van der Waals surface area contributed by atoms with E-state index in [1.807, 2.05) is 0 Å². The zero-order chi connectivity index (χ0) is 14.9. The molecule has 2 heteroatoms. The van der Waals surface area contributed by atoms with Crippen molar-refractivity contribution in [3.05, 3.63) is 41.5 Å². The number of hydrogen-bond donors (Lipinski definition) is 0. The number of allylic oxidation sites excluding steroid dienone is 1. The van der Waals surface area contributed by atoms with Gasteiger partial charge >= 0.3 is 0 Å². The lowest BCUT2D eigenvalue weighted by molar-refractivity contribution is 0.191. The molecule has 2 atom stereocenters. The molecule has 1 aromatic rings. The van der Waals surface area contributed by atoms with Crippen molar-refractivity contribution in [2.75, 3.05) is 26.7 Å². The smallest absolute Gasteiger partial charge is 0.119 e. The van der Waals surface area contributed by atoms with Crippen LogP contribution in [0.2, 0.25) is 0 Å². The maximum Gasteiger partial charge on any atom is 0.119 e. The number of benzene rings is 1. The largest absolute Gasteiger partial charge is 0.497 e. The van der Waals surface area contributed by atoms with Crippen LogP contribution in [0.1, 0.15) is 38.7 Å². The van der Waals surface area contributed by atoms with Crippen LogP contribution >= 0.6 is 0 Å². The lowest BCUT2D eigenvalue weighted by Crippen LogP contribution is -2.46. The predicted molar refractivity (Wildman–Crippen MR) is 87.9 cm³/mol. The SMILES string of the molecule is CCN1CC[C@]2(c3cccc(OC)c3)C[C@@H](C)CC=C2C1. The van der Waals surface area contributed by atoms with Gasteiger partial charge in [-0.05, 0) is 61.5 Å². The third kappa shape index (κ3) is 2.62. The Hall–Kier alpha value is -1.28. The standard InChI is InChI=1S/C19H27NO/c1-4-20-11-10-19(13-15(2)8-9-17(19)14-20)16-6-5-7-18(12-16)21-3/h5-7,9,12,15H,4,8,10-11,13-14H2,1-3H3/t15-,19+/m0/s1. The summed E-state index contributed by atoms with van der Waals surface area (Å²) in [7, 11) is 1.76. The predicted octanol–water partition coefficient (Wildman–Crippen LogP) is 4.01. The minimum atomic E-state index is 0.248. The lowest BCUT2D eigenvalue weighted by Gasteiger charge is -2.48. The fourth-order valence-electron chi connectivity index (χ4n) is 4.13. The van der Waals surface area contributed by atoms with Gasteiger partial charge in [0.1, 0.15) is 5.75 Å². The Morgan fingerprint density at radius 3 is 3.00 bits per heavy atom. The van der Waals surface area contributed by atoms with Crippen LogP contribution in [0.3, 0.4) is 0 Å². The Balaban J connectivity index is 2.02. The molecule has 3 rings (SSSR count). The summed E-state index contributed by atoms with van der Waals surface area (Å²) in [5.74, 6) is 1.76. The molecule has 1 aliphatic carbocycles. The maximum absolute atomic E-state index is 5.46. The Morgan fingerprint density at radius 1 is 1.38 bits per heavy atom. The van der Waals surface area contributed by atoms with Gasteiger partial charge in [-0.3, -0.25) is 4.90 Å². The summed E-state index contributed by atoms with van der Waals surface area (Å²) in [5.41, 5.74) is 3.34. The summed E-state index contributed by atoms with van der Waals surface area (Å²) >= 11 is 0. The van der Waals surface area contributed by atoms with Gasteiger partial charge < -0.3 is 4.74 Å². The molecular formula is C19H27NO. The summed E-state index contributed by atoms with van der Waals surface area (Å²) in [6, 6.07) is 8.76. The van der Waals surface area contributed by atoms with E-state index < -0.39 is 0 Å². The first-order chi connectivity index (χ1) is 10.2. The molecule has 2 aliphatic rings. The molecule has 1 fully saturated rings. The van der Waals surface area contributed by atoms with E-state index in [2.05, 4.69) is 49.1 Å². The Kier molecular flexibility index (Phi) is 4.08. The molecule has 0 spiro atoms. The highest BCUT2D eigenvalue weighted by molar-refractivity contribution is 5.43. The number of likely N-dealkylation sites (tertiary alicyclic amines) is 1. The molecular weight excluding hydrogens is 258 g/mol. The number of rotatable bonds is 3. The van der Waals surface area contributed by atoms with Crippen molar-refractivity contribution < 1.29 is 4.74 Å². The van der Waals surface area contributed by atoms with Crippen molar-refractivity contribution in [1.82, 2.24) is 4.90 Å². The van der Waals surface area contributed by atoms with Crippen LogP contribution in [0.4, 0.5) is 0 Å². The molecule has 1 saturated heterocycles. The highest BCUT2D eigenvalue weighted by Gasteiger charge is 2.42. The van der Waals surface area contributed by atoms with Crippen LogP contribution in [-0.2, 0) is 5.41 Å². The fourth-order valence-corrected chi connectivity index (χ4v) is 4.13. The van der Waals surface area contributed by atoms with Gasteiger partial charge in [-0.1, -0.05) is 32.1 Å². The summed E-state index contributed by atoms with van der Waals surface area (Å²) in [6.45, 7) is 8.16. The van der Waals surface area contributed by atoms with E-state index in [0.29, 0.717) is 0 Å². The van der Waals surface area contributed by atoms with Crippen LogP contribution in [0.5, 0.6) is 5.75 Å². The number of piperidine rings is 1. The van der Waals surface area contributed by atoms with Gasteiger partial charge in [0, 0.05) is 12.0 Å². The van der Waals surface area contributed by atoms with Gasteiger partial charge in [0.25, 0.3) is 0 Å². The number of ether oxygens (including phenoxy) is 1. The van der Waals surface area contributed by atoms with Crippen molar-refractivity contribution >= 4 is 0 Å². The molecule has 0 amide bonds. The molecule has 0 aromatic heterocycles. The number of methoxy groups -OCH3 is 1. The summed E-state index contributed by atoms with van der Waals surface area (Å²) in [6.07, 6.45) is 6.28. The van der Waals surface area contributed by atoms with E-state index in [1.165, 1.54) is 31.4 Å². The molecule has 0 unspecified atom stereocenters. The third-order valence-corrected chi connectivity index (χ3v) is 5.40. The van der Waals surface area contributed by atoms with Crippen molar-refractivity contribution in [3.8, 4) is 5.75 Å². The Morgan fingerprint density at radius 2 is 2.24 bits per heavy atom. The average molecular weight is 285 g/mol. The van der Waals surface area contributed by atoms with E-state index in [4.69, 9.17) is 4.74 Å². The molecule has 114 valence electrons. The molecule has 1 aliphatic heterocycles. The summed E-state index contributed by atoms with van der Waals surface area (Å²) < 4.78 is 5.46. The highest BCUT2D eigenvalue weighted by Crippen LogP contribution is 2.48. The second kappa shape index (κ2) is 5.84. The van der Waals surface area contributed by atoms with Crippen molar-refractivity contribution in [2.24, 2.45) is 5.92 Å². The minimum absolute atomic E-state index is 0.248. The van der Waals surface area contributed by atoms with Crippen LogP contribution in [0.15, 0.2) is 35.9 Å². The van der Waals surface area contributed by atoms with Gasteiger partial charge in [0.15, 0.2) is 0 Å². The zero-order valence-electron chi connectivity index (χ0n) is 13.6. The molecule has 0 radical (unpaired) electrons. The van der Waals surface area contributed by atoms with Crippen molar-refractivity contribution in [2.45, 2.75) is 38.5 Å². The highest BCUT2D eigenvalue weighted by atomic mass is 16.5. The summed E-state index contributed by atoms with van der Waals surface area (Å²) in [5, 5.41) is 0. The first kappa shape index (κ1) is 14.6. The second-order valence-corrected chi connectivity index (χ2v) is 6.71. The van der Waals surface area contributed by atoms with Crippen LogP contribution in [0, 0.1) is 5.92 Å². The topological polar surface area (TPSA) is 12.5 Å². The third-order valence-electron chi connectivity index (χ3n) is 5.40. The first-order valence-electron chi connectivity index (χ1n) is 8.24. The van der Waals surface area contributed by atoms with E-state index in [0.717, 1.165) is 24.8 Å². The molecule has 2 nitrogen and oxygen atoms in total. The molecule has 1 aromatic carbocycles. The molecule has 0 bridgehead atoms. The van der Waals surface area contributed by atoms with Gasteiger partial charge in [-0.25, -0.2) is 0 Å². The van der Waals surface area contributed by atoms with Gasteiger partial charge in [0.2, 0.25) is 0 Å². The number of likely N-dealkylation sites (N-methyl/N-ethyl adjacent to an activating group) is 1. The van der Waals surface area contributed by atoms with E-state index in [1.54, 1.807) is 12.7 Å².